The fourth-order valence-electron chi connectivity index (χ4n) is 2.51. The number of hydrogen-bond donors (Lipinski definition) is 1. The first-order valence-electron chi connectivity index (χ1n) is 6.62. The third-order valence-electron chi connectivity index (χ3n) is 3.83. The molecule has 4 nitrogen and oxygen atoms in total. The molecule has 19 heavy (non-hydrogen) atoms. The molecule has 1 aromatic heterocycles. The Bertz CT molecular complexity index is 508. The Kier molecular flexibility index (Phi) is 5.22. The Balaban J connectivity index is 1.85. The number of sulfonamides is 1. The van der Waals surface area contributed by atoms with Gasteiger partial charge in [-0.1, -0.05) is 49.1 Å². The zero-order chi connectivity index (χ0) is 13.9. The summed E-state index contributed by atoms with van der Waals surface area (Å²) in [7, 11) is -3.44. The fraction of sp³-hybridized carbons (Fsp3) is 0.750. The molecule has 0 radical (unpaired) electrons. The monoisotopic (exact) mass is 322 g/mol. The van der Waals surface area contributed by atoms with Gasteiger partial charge in [0, 0.05) is 6.54 Å². The molecule has 0 bridgehead atoms. The van der Waals surface area contributed by atoms with Gasteiger partial charge < -0.3 is 0 Å². The molecule has 0 amide bonds. The highest BCUT2D eigenvalue weighted by Crippen LogP contribution is 2.30. The van der Waals surface area contributed by atoms with Crippen LogP contribution in [0.15, 0.2) is 10.4 Å². The molecule has 0 aromatic carbocycles. The van der Waals surface area contributed by atoms with E-state index < -0.39 is 10.0 Å². The molecule has 0 atom stereocenters. The summed E-state index contributed by atoms with van der Waals surface area (Å²) in [6, 6.07) is 0. The number of thiazole rings is 1. The molecule has 1 N–H and O–H groups in total. The maximum absolute atomic E-state index is 12.0. The molecule has 0 saturated heterocycles. The van der Waals surface area contributed by atoms with Crippen molar-refractivity contribution in [3.8, 4) is 0 Å². The molecule has 0 aliphatic heterocycles. The molecule has 1 saturated carbocycles. The highest BCUT2D eigenvalue weighted by molar-refractivity contribution is 7.91. The molecular weight excluding hydrogens is 304 g/mol. The predicted octanol–water partition coefficient (Wildman–Crippen LogP) is 3.29. The Labute approximate surface area is 123 Å². The first-order chi connectivity index (χ1) is 9.01. The van der Waals surface area contributed by atoms with Gasteiger partial charge in [-0.05, 0) is 24.7 Å². The fourth-order valence-corrected chi connectivity index (χ4v) is 4.96. The Morgan fingerprint density at radius 1 is 1.37 bits per heavy atom. The van der Waals surface area contributed by atoms with Gasteiger partial charge in [0.25, 0.3) is 10.0 Å². The summed E-state index contributed by atoms with van der Waals surface area (Å²) in [5, 5.41) is 0. The number of halogens is 1. The van der Waals surface area contributed by atoms with Crippen LogP contribution in [-0.2, 0) is 10.0 Å². The molecule has 0 unspecified atom stereocenters. The topological polar surface area (TPSA) is 59.1 Å². The average Bonchev–Trinajstić information content (AvgIpc) is 2.85. The minimum absolute atomic E-state index is 0.194. The molecule has 0 spiro atoms. The Hall–Kier alpha value is -0.170. The number of aromatic nitrogens is 1. The van der Waals surface area contributed by atoms with Crippen LogP contribution < -0.4 is 4.72 Å². The first-order valence-corrected chi connectivity index (χ1v) is 9.30. The largest absolute Gasteiger partial charge is 0.251 e. The van der Waals surface area contributed by atoms with E-state index in [4.69, 9.17) is 11.6 Å². The Morgan fingerprint density at radius 3 is 2.53 bits per heavy atom. The van der Waals surface area contributed by atoms with Crippen molar-refractivity contribution in [1.82, 2.24) is 9.71 Å². The molecule has 1 aliphatic rings. The molecular formula is C12H19ClN2O2S2. The van der Waals surface area contributed by atoms with Gasteiger partial charge in [-0.15, -0.1) is 0 Å². The van der Waals surface area contributed by atoms with E-state index in [9.17, 15) is 8.42 Å². The standard InChI is InChI=1S/C12H19ClN2O2S2/c1-2-9-3-5-10(6-4-9)7-15-19(16,17)11-8-14-12(13)18-11/h8-10,15H,2-7H2,1H3. The zero-order valence-electron chi connectivity index (χ0n) is 10.9. The number of nitrogens with zero attached hydrogens (tertiary/aromatic N) is 1. The third kappa shape index (κ3) is 4.15. The van der Waals surface area contributed by atoms with Gasteiger partial charge in [-0.2, -0.15) is 0 Å². The zero-order valence-corrected chi connectivity index (χ0v) is 13.3. The second-order valence-corrected chi connectivity index (χ2v) is 8.69. The van der Waals surface area contributed by atoms with Crippen molar-refractivity contribution in [3.63, 3.8) is 0 Å². The van der Waals surface area contributed by atoms with Gasteiger partial charge in [0.1, 0.15) is 0 Å². The van der Waals surface area contributed by atoms with Crippen LogP contribution in [-0.4, -0.2) is 19.9 Å². The van der Waals surface area contributed by atoms with Gasteiger partial charge in [0.15, 0.2) is 8.68 Å². The van der Waals surface area contributed by atoms with Crippen molar-refractivity contribution in [3.05, 3.63) is 10.7 Å². The van der Waals surface area contributed by atoms with Crippen molar-refractivity contribution >= 4 is 33.0 Å². The van der Waals surface area contributed by atoms with Crippen molar-refractivity contribution < 1.29 is 8.42 Å². The number of hydrogen-bond acceptors (Lipinski definition) is 4. The van der Waals surface area contributed by atoms with Crippen molar-refractivity contribution in [2.75, 3.05) is 6.54 Å². The molecule has 2 rings (SSSR count). The van der Waals surface area contributed by atoms with Crippen LogP contribution in [0.25, 0.3) is 0 Å². The molecule has 7 heteroatoms. The average molecular weight is 323 g/mol. The second kappa shape index (κ2) is 6.52. The van der Waals surface area contributed by atoms with E-state index in [0.717, 1.165) is 30.1 Å². The second-order valence-electron chi connectivity index (χ2n) is 5.08. The molecule has 1 aliphatic carbocycles. The van der Waals surface area contributed by atoms with Crippen LogP contribution in [0.1, 0.15) is 39.0 Å². The van der Waals surface area contributed by atoms with Crippen LogP contribution in [0.3, 0.4) is 0 Å². The van der Waals surface area contributed by atoms with Gasteiger partial charge in [0.05, 0.1) is 6.20 Å². The summed E-state index contributed by atoms with van der Waals surface area (Å²) < 4.78 is 27.1. The minimum atomic E-state index is -3.44. The first kappa shape index (κ1) is 15.2. The van der Waals surface area contributed by atoms with E-state index in [-0.39, 0.29) is 8.68 Å². The molecule has 108 valence electrons. The summed E-state index contributed by atoms with van der Waals surface area (Å²) >= 11 is 6.65. The smallest absolute Gasteiger partial charge is 0.232 e. The summed E-state index contributed by atoms with van der Waals surface area (Å²) in [4.78, 5) is 3.76. The number of rotatable bonds is 5. The van der Waals surface area contributed by atoms with Crippen LogP contribution in [0.2, 0.25) is 4.47 Å². The van der Waals surface area contributed by atoms with E-state index in [1.54, 1.807) is 0 Å². The van der Waals surface area contributed by atoms with Gasteiger partial charge in [0.2, 0.25) is 0 Å². The molecule has 1 heterocycles. The van der Waals surface area contributed by atoms with Gasteiger partial charge >= 0.3 is 0 Å². The van der Waals surface area contributed by atoms with Crippen molar-refractivity contribution in [1.29, 1.82) is 0 Å². The normalized spacial score (nSPS) is 24.5. The van der Waals surface area contributed by atoms with E-state index in [1.165, 1.54) is 25.5 Å². The highest BCUT2D eigenvalue weighted by atomic mass is 35.5. The van der Waals surface area contributed by atoms with E-state index in [1.807, 2.05) is 0 Å². The maximum Gasteiger partial charge on any atom is 0.251 e. The van der Waals surface area contributed by atoms with Gasteiger partial charge in [-0.25, -0.2) is 18.1 Å². The third-order valence-corrected chi connectivity index (χ3v) is 6.83. The summed E-state index contributed by atoms with van der Waals surface area (Å²) in [5.74, 6) is 1.29. The molecule has 1 fully saturated rings. The lowest BCUT2D eigenvalue weighted by Gasteiger charge is -2.27. The summed E-state index contributed by atoms with van der Waals surface area (Å²) in [6.45, 7) is 2.75. The van der Waals surface area contributed by atoms with Crippen molar-refractivity contribution in [2.24, 2.45) is 11.8 Å². The van der Waals surface area contributed by atoms with Crippen LogP contribution in [0.4, 0.5) is 0 Å². The maximum atomic E-state index is 12.0. The van der Waals surface area contributed by atoms with E-state index in [0.29, 0.717) is 12.5 Å². The lowest BCUT2D eigenvalue weighted by molar-refractivity contribution is 0.270. The van der Waals surface area contributed by atoms with Crippen LogP contribution in [0, 0.1) is 11.8 Å². The lowest BCUT2D eigenvalue weighted by Crippen LogP contribution is -2.31. The highest BCUT2D eigenvalue weighted by Gasteiger charge is 2.23. The van der Waals surface area contributed by atoms with E-state index in [2.05, 4.69) is 16.6 Å². The van der Waals surface area contributed by atoms with Crippen molar-refractivity contribution in [2.45, 2.75) is 43.2 Å². The Morgan fingerprint density at radius 2 is 2.00 bits per heavy atom. The van der Waals surface area contributed by atoms with Gasteiger partial charge in [-0.3, -0.25) is 0 Å². The van der Waals surface area contributed by atoms with Crippen LogP contribution in [0.5, 0.6) is 0 Å². The predicted molar refractivity (Wildman–Crippen MR) is 78.1 cm³/mol. The minimum Gasteiger partial charge on any atom is -0.232 e. The molecule has 1 aromatic rings. The summed E-state index contributed by atoms with van der Waals surface area (Å²) in [6.07, 6.45) is 7.21. The van der Waals surface area contributed by atoms with Crippen LogP contribution >= 0.6 is 22.9 Å². The quantitative estimate of drug-likeness (QED) is 0.905. The summed E-state index contributed by atoms with van der Waals surface area (Å²) in [5.41, 5.74) is 0. The SMILES string of the molecule is CCC1CCC(CNS(=O)(=O)c2cnc(Cl)s2)CC1. The van der Waals surface area contributed by atoms with E-state index >= 15 is 0 Å². The number of nitrogens with one attached hydrogen (secondary N) is 1. The lowest BCUT2D eigenvalue weighted by atomic mass is 9.81.